The number of nitrogens with zero attached hydrogens (tertiary/aromatic N) is 13. The van der Waals surface area contributed by atoms with E-state index in [1.807, 2.05) is 53.2 Å². The van der Waals surface area contributed by atoms with Gasteiger partial charge in [0.25, 0.3) is 23.4 Å². The second kappa shape index (κ2) is 38.1. The second-order valence-electron chi connectivity index (χ2n) is 22.0. The zero-order valence-electron chi connectivity index (χ0n) is 52.8. The Morgan fingerprint density at radius 3 is 1.17 bits per heavy atom. The maximum Gasteiger partial charge on any atom is 0.269 e. The van der Waals surface area contributed by atoms with Crippen molar-refractivity contribution >= 4 is 142 Å². The van der Waals surface area contributed by atoms with Crippen LogP contribution in [0.2, 0.25) is 0 Å². The quantitative estimate of drug-likeness (QED) is 0.0105. The van der Waals surface area contributed by atoms with E-state index in [9.17, 15) is 34.1 Å². The average molecular weight is 1450 g/mol. The van der Waals surface area contributed by atoms with E-state index in [-0.39, 0.29) is 47.4 Å². The van der Waals surface area contributed by atoms with Gasteiger partial charge in [-0.3, -0.25) is 34.1 Å². The Morgan fingerprint density at radius 2 is 0.857 bits per heavy atom. The lowest BCUT2D eigenvalue weighted by atomic mass is 10.0. The zero-order valence-corrected chi connectivity index (χ0v) is 58.5. The number of nitrogens with two attached hydrogens (primary N) is 1. The first-order chi connectivity index (χ1) is 47.6. The summed E-state index contributed by atoms with van der Waals surface area (Å²) in [5.41, 5.74) is 12.0. The van der Waals surface area contributed by atoms with Gasteiger partial charge in [-0.1, -0.05) is 47.2 Å². The summed E-state index contributed by atoms with van der Waals surface area (Å²) in [7, 11) is 0. The zero-order chi connectivity index (χ0) is 69.0. The summed E-state index contributed by atoms with van der Waals surface area (Å²) in [6.07, 6.45) is 29.1. The number of nitrogen functional groups attached to an aromatic ring is 1. The summed E-state index contributed by atoms with van der Waals surface area (Å²) in [5.74, 6) is 2.04. The van der Waals surface area contributed by atoms with Gasteiger partial charge in [0.15, 0.2) is 15.4 Å². The highest BCUT2D eigenvalue weighted by Crippen LogP contribution is 2.35. The Morgan fingerprint density at radius 1 is 0.531 bits per heavy atom. The molecule has 32 heteroatoms. The number of carbonyl (C=O) groups excluding carboxylic acids is 5. The van der Waals surface area contributed by atoms with E-state index in [1.54, 1.807) is 135 Å². The first-order valence-electron chi connectivity index (χ1n) is 30.7. The van der Waals surface area contributed by atoms with Crippen LogP contribution in [0.5, 0.6) is 0 Å². The first kappa shape index (κ1) is 73.0. The first-order valence-corrected chi connectivity index (χ1v) is 36.5. The minimum absolute atomic E-state index is 0.0106. The van der Waals surface area contributed by atoms with E-state index < -0.39 is 10.2 Å². The van der Waals surface area contributed by atoms with E-state index in [2.05, 4.69) is 79.3 Å². The Labute approximate surface area is 595 Å². The molecule has 0 spiro atoms. The number of anilines is 5. The van der Waals surface area contributed by atoms with Crippen molar-refractivity contribution in [1.29, 1.82) is 0 Å². The van der Waals surface area contributed by atoms with E-state index in [1.165, 1.54) is 49.3 Å². The van der Waals surface area contributed by atoms with Crippen molar-refractivity contribution in [2.45, 2.75) is 86.5 Å². The number of halogens is 1. The number of rotatable bonds is 22. The molecular formula is C66H69ClN18O7S6. The average Bonchev–Trinajstić information content (AvgIpc) is 1.82. The molecule has 0 radical (unpaired) electrons. The number of allylic oxidation sites excluding steroid dienone is 1. The van der Waals surface area contributed by atoms with Crippen molar-refractivity contribution in [2.75, 3.05) is 66.3 Å². The fourth-order valence-electron chi connectivity index (χ4n) is 10.0. The van der Waals surface area contributed by atoms with Crippen LogP contribution in [0.1, 0.15) is 86.3 Å². The third-order valence-corrected chi connectivity index (χ3v) is 21.5. The highest BCUT2D eigenvalue weighted by atomic mass is 35.5. The van der Waals surface area contributed by atoms with Crippen molar-refractivity contribution in [1.82, 2.24) is 59.6 Å². The number of thiazole rings is 3. The van der Waals surface area contributed by atoms with Gasteiger partial charge in [-0.2, -0.15) is 0 Å². The molecule has 25 nitrogen and oxygen atoms in total. The standard InChI is InChI=1S/C23H24N6O2S2.C20H20N6O3S2.C20H22N6OS2.C3H3ClO/c1-2-20(30)27-18-7-5-17(6-8-18)22(31)29-9-3-4-19(13-29)28-23-26-12-21(33-23)32-14-16-10-24-15-25-11-16;27-19(15-3-5-17(6-4-15)26(28)29)25-7-1-2-16(11-25)24-20-23-10-18(31-20)30-12-14-8-21-13-22-9-14;21-16-5-3-15(4-6-16)19(27)26-7-1-2-17(11-26)25-20-24-10-18(29-20)28-12-14-8-22-13-23-9-14;1-2-3(4)5/h2,5-8,10-12,15,19H,1,3-4,9,13-14H2,(H,26,28)(H,27,30);3-6,8-10,13,16H,1-2,7,11-12H2,(H,23,24);3-6,8-10,13,17H,1-2,7,11-12,21H2,(H,24,25);2H,1H2/t19-;16-;17-;/m111./s1. The molecule has 0 aliphatic carbocycles. The number of non-ortho nitro benzene ring substituents is 1. The molecule has 3 saturated heterocycles. The van der Waals surface area contributed by atoms with Crippen LogP contribution in [-0.4, -0.2) is 151 Å². The molecule has 3 aromatic carbocycles. The maximum atomic E-state index is 13.0. The number of hydrogen-bond donors (Lipinski definition) is 5. The molecule has 508 valence electrons. The molecule has 4 amide bonds. The van der Waals surface area contributed by atoms with Crippen LogP contribution >= 0.6 is 80.9 Å². The number of benzene rings is 3. The van der Waals surface area contributed by atoms with E-state index in [0.717, 1.165) is 120 Å². The Kier molecular flexibility index (Phi) is 28.4. The molecule has 3 fully saturated rings. The minimum Gasteiger partial charge on any atom is -0.399 e. The number of nitrogens with one attached hydrogen (secondary N) is 4. The highest BCUT2D eigenvalue weighted by Gasteiger charge is 2.29. The van der Waals surface area contributed by atoms with E-state index in [0.29, 0.717) is 54.2 Å². The molecule has 0 unspecified atom stereocenters. The van der Waals surface area contributed by atoms with Crippen molar-refractivity contribution in [2.24, 2.45) is 0 Å². The fourth-order valence-corrected chi connectivity index (χ4v) is 15.6. The molecule has 12 rings (SSSR count). The van der Waals surface area contributed by atoms with Gasteiger partial charge in [-0.05, 0) is 140 Å². The van der Waals surface area contributed by atoms with E-state index in [4.69, 9.17) is 17.3 Å². The number of likely N-dealkylation sites (tertiary alicyclic amines) is 3. The van der Waals surface area contributed by atoms with Crippen LogP contribution in [-0.2, 0) is 26.8 Å². The summed E-state index contributed by atoms with van der Waals surface area (Å²) < 4.78 is 3.36. The number of amides is 4. The third-order valence-electron chi connectivity index (χ3n) is 14.8. The van der Waals surface area contributed by atoms with Gasteiger partial charge < -0.3 is 41.7 Å². The van der Waals surface area contributed by atoms with Crippen LogP contribution in [0.15, 0.2) is 185 Å². The molecule has 3 atom stereocenters. The summed E-state index contributed by atoms with van der Waals surface area (Å²) in [6, 6.07) is 20.3. The summed E-state index contributed by atoms with van der Waals surface area (Å²) in [5, 5.41) is 26.0. The lowest BCUT2D eigenvalue weighted by Gasteiger charge is -2.33. The van der Waals surface area contributed by atoms with Crippen molar-refractivity contribution in [3.05, 3.63) is 216 Å². The number of carbonyl (C=O) groups is 5. The Balaban J connectivity index is 0.000000166. The van der Waals surface area contributed by atoms with Gasteiger partial charge >= 0.3 is 0 Å². The van der Waals surface area contributed by atoms with Gasteiger partial charge in [-0.15, -0.1) is 35.3 Å². The molecule has 0 saturated carbocycles. The van der Waals surface area contributed by atoms with Gasteiger partial charge in [-0.25, -0.2) is 44.9 Å². The molecule has 3 aliphatic rings. The Bertz CT molecular complexity index is 4070. The summed E-state index contributed by atoms with van der Waals surface area (Å²) in [4.78, 5) is 113. The normalized spacial score (nSPS) is 15.6. The highest BCUT2D eigenvalue weighted by molar-refractivity contribution is 8.01. The molecular weight excluding hydrogens is 1380 g/mol. The molecule has 6 N–H and O–H groups in total. The smallest absolute Gasteiger partial charge is 0.269 e. The van der Waals surface area contributed by atoms with Crippen LogP contribution in [0.4, 0.5) is 32.5 Å². The van der Waals surface area contributed by atoms with E-state index >= 15 is 0 Å². The molecule has 3 aliphatic heterocycles. The van der Waals surface area contributed by atoms with Gasteiger partial charge in [0.1, 0.15) is 19.0 Å². The minimum atomic E-state index is -0.509. The van der Waals surface area contributed by atoms with Gasteiger partial charge in [0, 0.05) is 152 Å². The number of aromatic nitrogens is 9. The van der Waals surface area contributed by atoms with Crippen LogP contribution in [0.3, 0.4) is 0 Å². The lowest BCUT2D eigenvalue weighted by molar-refractivity contribution is -0.384. The van der Waals surface area contributed by atoms with Crippen LogP contribution < -0.4 is 27.0 Å². The lowest BCUT2D eigenvalue weighted by Crippen LogP contribution is -2.45. The van der Waals surface area contributed by atoms with Crippen LogP contribution in [0.25, 0.3) is 0 Å². The monoisotopic (exact) mass is 1450 g/mol. The molecule has 98 heavy (non-hydrogen) atoms. The maximum absolute atomic E-state index is 13.0. The second-order valence-corrected chi connectivity index (χ2v) is 29.3. The number of nitro groups is 1. The predicted octanol–water partition coefficient (Wildman–Crippen LogP) is 12.4. The molecule has 0 bridgehead atoms. The number of nitro benzene ring substituents is 1. The van der Waals surface area contributed by atoms with Crippen molar-refractivity contribution in [3.8, 4) is 0 Å². The predicted molar refractivity (Wildman–Crippen MR) is 389 cm³/mol. The summed E-state index contributed by atoms with van der Waals surface area (Å²) in [6.45, 7) is 10.6. The number of thioether (sulfide) groups is 3. The largest absolute Gasteiger partial charge is 0.399 e. The number of piperidine rings is 3. The van der Waals surface area contributed by atoms with Crippen LogP contribution in [0, 0.1) is 10.1 Å². The summed E-state index contributed by atoms with van der Waals surface area (Å²) >= 11 is 14.7. The SMILES string of the molecule is C=CC(=O)Cl.C=CC(=O)Nc1ccc(C(=O)N2CCC[C@@H](Nc3ncc(SCc4cncnc4)s3)C2)cc1.Nc1ccc(C(=O)N2CCC[C@@H](Nc3ncc(SCc4cncnc4)s3)C2)cc1.O=C(c1ccc([N+](=O)[O-])cc1)N1CCC[C@@H](Nc2ncc(SCc3cncnc3)s2)C1. The molecule has 9 aromatic rings. The Hall–Kier alpha value is -9.24. The van der Waals surface area contributed by atoms with Crippen molar-refractivity contribution < 1.29 is 28.9 Å². The third kappa shape index (κ3) is 23.5. The van der Waals surface area contributed by atoms with Crippen molar-refractivity contribution in [3.63, 3.8) is 0 Å². The van der Waals surface area contributed by atoms with Gasteiger partial charge in [0.05, 0.1) is 36.1 Å². The van der Waals surface area contributed by atoms with Gasteiger partial charge in [0.2, 0.25) is 11.1 Å². The molecule has 6 aromatic heterocycles. The topological polar surface area (TPSA) is 328 Å². The fraction of sp³-hybridized carbons (Fsp3) is 0.273. The number of hydrogen-bond acceptors (Lipinski definition) is 26. The molecule has 9 heterocycles.